The molecule has 0 bridgehead atoms. The second kappa shape index (κ2) is 6.18. The van der Waals surface area contributed by atoms with Crippen LogP contribution in [0.2, 0.25) is 0 Å². The fourth-order valence-electron chi connectivity index (χ4n) is 3.61. The van der Waals surface area contributed by atoms with E-state index in [-0.39, 0.29) is 0 Å². The van der Waals surface area contributed by atoms with Gasteiger partial charge < -0.3 is 10.2 Å². The lowest BCUT2D eigenvalue weighted by Crippen LogP contribution is -2.32. The van der Waals surface area contributed by atoms with Gasteiger partial charge in [-0.1, -0.05) is 38.1 Å². The van der Waals surface area contributed by atoms with E-state index in [1.54, 1.807) is 0 Å². The number of carbonyl (C=O) groups excluding carboxylic acids is 1. The Morgan fingerprint density at radius 3 is 2.29 bits per heavy atom. The van der Waals surface area contributed by atoms with Crippen molar-refractivity contribution in [1.29, 1.82) is 0 Å². The van der Waals surface area contributed by atoms with Crippen LogP contribution in [-0.2, 0) is 17.6 Å². The molecule has 2 heterocycles. The maximum absolute atomic E-state index is 12.4. The Hall–Kier alpha value is -1.35. The zero-order valence-corrected chi connectivity index (χ0v) is 13.1. The number of carbonyl (C=O) groups is 1. The monoisotopic (exact) mass is 286 g/mol. The summed E-state index contributed by atoms with van der Waals surface area (Å²) in [6, 6.07) is 8.58. The fourth-order valence-corrected chi connectivity index (χ4v) is 3.61. The minimum Gasteiger partial charge on any atom is -0.342 e. The molecule has 1 aromatic carbocycles. The smallest absolute Gasteiger partial charge is 0.227 e. The van der Waals surface area contributed by atoms with Crippen LogP contribution in [0.3, 0.4) is 0 Å². The number of nitrogens with zero attached hydrogens (tertiary/aromatic N) is 1. The molecule has 2 aliphatic rings. The van der Waals surface area contributed by atoms with Gasteiger partial charge >= 0.3 is 0 Å². The van der Waals surface area contributed by atoms with E-state index >= 15 is 0 Å². The molecule has 21 heavy (non-hydrogen) atoms. The molecule has 3 rings (SSSR count). The molecule has 0 aliphatic carbocycles. The van der Waals surface area contributed by atoms with Gasteiger partial charge in [-0.25, -0.2) is 0 Å². The lowest BCUT2D eigenvalue weighted by Gasteiger charge is -2.17. The summed E-state index contributed by atoms with van der Waals surface area (Å²) in [4.78, 5) is 14.5. The molecule has 1 aromatic rings. The molecule has 0 saturated carbocycles. The molecule has 114 valence electrons. The minimum atomic E-state index is 0.293. The van der Waals surface area contributed by atoms with Crippen LogP contribution < -0.4 is 5.32 Å². The van der Waals surface area contributed by atoms with Gasteiger partial charge in [0.2, 0.25) is 5.91 Å². The third kappa shape index (κ3) is 3.46. The van der Waals surface area contributed by atoms with Gasteiger partial charge in [-0.05, 0) is 35.3 Å². The van der Waals surface area contributed by atoms with Crippen LogP contribution in [0.5, 0.6) is 0 Å². The zero-order chi connectivity index (χ0) is 14.8. The van der Waals surface area contributed by atoms with Crippen LogP contribution in [0.15, 0.2) is 24.3 Å². The van der Waals surface area contributed by atoms with Gasteiger partial charge in [0.15, 0.2) is 0 Å². The third-order valence-corrected chi connectivity index (χ3v) is 4.76. The Labute approximate surface area is 127 Å². The minimum absolute atomic E-state index is 0.293. The average molecular weight is 286 g/mol. The molecule has 0 unspecified atom stereocenters. The van der Waals surface area contributed by atoms with E-state index in [9.17, 15) is 4.79 Å². The van der Waals surface area contributed by atoms with Crippen molar-refractivity contribution in [1.82, 2.24) is 10.2 Å². The van der Waals surface area contributed by atoms with Crippen LogP contribution >= 0.6 is 0 Å². The fraction of sp³-hybridized carbons (Fsp3) is 0.611. The summed E-state index contributed by atoms with van der Waals surface area (Å²) < 4.78 is 0. The number of hydrogen-bond donors (Lipinski definition) is 1. The van der Waals surface area contributed by atoms with Crippen molar-refractivity contribution in [3.8, 4) is 0 Å². The SMILES string of the molecule is CC(C)Cc1ccc(CC(=O)N2C[C@H]3CNC[C@H]3C2)cc1. The molecule has 0 spiro atoms. The maximum atomic E-state index is 12.4. The third-order valence-electron chi connectivity index (χ3n) is 4.76. The Morgan fingerprint density at radius 1 is 1.14 bits per heavy atom. The molecule has 1 amide bonds. The Kier molecular flexibility index (Phi) is 4.29. The Morgan fingerprint density at radius 2 is 1.71 bits per heavy atom. The van der Waals surface area contributed by atoms with Gasteiger partial charge in [0.05, 0.1) is 6.42 Å². The molecule has 1 N–H and O–H groups in total. The maximum Gasteiger partial charge on any atom is 0.227 e. The largest absolute Gasteiger partial charge is 0.342 e. The summed E-state index contributed by atoms with van der Waals surface area (Å²) in [6.45, 7) is 8.52. The second-order valence-corrected chi connectivity index (χ2v) is 7.07. The van der Waals surface area contributed by atoms with Crippen molar-refractivity contribution >= 4 is 5.91 Å². The number of likely N-dealkylation sites (tertiary alicyclic amines) is 1. The zero-order valence-electron chi connectivity index (χ0n) is 13.1. The first-order valence-electron chi connectivity index (χ1n) is 8.18. The molecule has 0 aromatic heterocycles. The first-order chi connectivity index (χ1) is 10.1. The van der Waals surface area contributed by atoms with Crippen molar-refractivity contribution in [2.24, 2.45) is 17.8 Å². The summed E-state index contributed by atoms with van der Waals surface area (Å²) in [6.07, 6.45) is 1.66. The van der Waals surface area contributed by atoms with E-state index in [2.05, 4.69) is 48.3 Å². The molecule has 2 atom stereocenters. The van der Waals surface area contributed by atoms with Crippen LogP contribution in [0, 0.1) is 17.8 Å². The van der Waals surface area contributed by atoms with Gasteiger partial charge in [-0.2, -0.15) is 0 Å². The van der Waals surface area contributed by atoms with Gasteiger partial charge in [-0.3, -0.25) is 4.79 Å². The highest BCUT2D eigenvalue weighted by Gasteiger charge is 2.37. The second-order valence-electron chi connectivity index (χ2n) is 7.07. The van der Waals surface area contributed by atoms with Crippen molar-refractivity contribution < 1.29 is 4.79 Å². The first-order valence-corrected chi connectivity index (χ1v) is 8.18. The molecule has 2 saturated heterocycles. The number of benzene rings is 1. The molecule has 2 aliphatic heterocycles. The van der Waals surface area contributed by atoms with Gasteiger partial charge in [-0.15, -0.1) is 0 Å². The highest BCUT2D eigenvalue weighted by molar-refractivity contribution is 5.79. The molecule has 0 radical (unpaired) electrons. The van der Waals surface area contributed by atoms with Crippen molar-refractivity contribution in [3.05, 3.63) is 35.4 Å². The highest BCUT2D eigenvalue weighted by Crippen LogP contribution is 2.26. The summed E-state index contributed by atoms with van der Waals surface area (Å²) in [5, 5.41) is 3.42. The lowest BCUT2D eigenvalue weighted by atomic mass is 10.0. The highest BCUT2D eigenvalue weighted by atomic mass is 16.2. The predicted molar refractivity (Wildman–Crippen MR) is 85.1 cm³/mol. The standard InChI is InChI=1S/C18H26N2O/c1-13(2)7-14-3-5-15(6-4-14)8-18(21)20-11-16-9-19-10-17(16)12-20/h3-6,13,16-17,19H,7-12H2,1-2H3/t16-,17+. The van der Waals surface area contributed by atoms with Gasteiger partial charge in [0.25, 0.3) is 0 Å². The quantitative estimate of drug-likeness (QED) is 0.919. The Balaban J connectivity index is 1.55. The van der Waals surface area contributed by atoms with E-state index in [0.29, 0.717) is 30.1 Å². The molecular weight excluding hydrogens is 260 g/mol. The van der Waals surface area contributed by atoms with Crippen LogP contribution in [0.4, 0.5) is 0 Å². The van der Waals surface area contributed by atoms with E-state index < -0.39 is 0 Å². The van der Waals surface area contributed by atoms with E-state index in [0.717, 1.165) is 38.2 Å². The molecule has 3 heteroatoms. The molecular formula is C18H26N2O. The number of nitrogens with one attached hydrogen (secondary N) is 1. The average Bonchev–Trinajstić information content (AvgIpc) is 3.01. The lowest BCUT2D eigenvalue weighted by molar-refractivity contribution is -0.129. The number of fused-ring (bicyclic) bond motifs is 1. The van der Waals surface area contributed by atoms with Gasteiger partial charge in [0.1, 0.15) is 0 Å². The first kappa shape index (κ1) is 14.6. The summed E-state index contributed by atoms with van der Waals surface area (Å²) >= 11 is 0. The number of rotatable bonds is 4. The normalized spacial score (nSPS) is 24.6. The summed E-state index contributed by atoms with van der Waals surface area (Å²) in [7, 11) is 0. The van der Waals surface area contributed by atoms with Crippen molar-refractivity contribution in [2.75, 3.05) is 26.2 Å². The summed E-state index contributed by atoms with van der Waals surface area (Å²) in [5.74, 6) is 2.33. The van der Waals surface area contributed by atoms with E-state index in [1.165, 1.54) is 5.56 Å². The number of hydrogen-bond acceptors (Lipinski definition) is 2. The van der Waals surface area contributed by atoms with Crippen LogP contribution in [0.1, 0.15) is 25.0 Å². The summed E-state index contributed by atoms with van der Waals surface area (Å²) in [5.41, 5.74) is 2.51. The van der Waals surface area contributed by atoms with E-state index in [1.807, 2.05) is 0 Å². The Bertz CT molecular complexity index is 482. The van der Waals surface area contributed by atoms with E-state index in [4.69, 9.17) is 0 Å². The topological polar surface area (TPSA) is 32.3 Å². The predicted octanol–water partition coefficient (Wildman–Crippen LogP) is 2.11. The molecule has 2 fully saturated rings. The number of amides is 1. The van der Waals surface area contributed by atoms with Crippen LogP contribution in [-0.4, -0.2) is 37.0 Å². The molecule has 3 nitrogen and oxygen atoms in total. The van der Waals surface area contributed by atoms with Gasteiger partial charge in [0, 0.05) is 26.2 Å². The van der Waals surface area contributed by atoms with Crippen molar-refractivity contribution in [2.45, 2.75) is 26.7 Å². The van der Waals surface area contributed by atoms with Crippen molar-refractivity contribution in [3.63, 3.8) is 0 Å². The van der Waals surface area contributed by atoms with Crippen LogP contribution in [0.25, 0.3) is 0 Å².